The van der Waals surface area contributed by atoms with E-state index < -0.39 is 5.97 Å². The minimum absolute atomic E-state index is 0.152. The Morgan fingerprint density at radius 1 is 1.23 bits per heavy atom. The van der Waals surface area contributed by atoms with E-state index in [9.17, 15) is 4.79 Å². The van der Waals surface area contributed by atoms with Crippen LogP contribution in [0.1, 0.15) is 33.4 Å². The van der Waals surface area contributed by atoms with Gasteiger partial charge in [-0.25, -0.2) is 4.79 Å². The summed E-state index contributed by atoms with van der Waals surface area (Å²) in [5, 5.41) is 12.5. The highest BCUT2D eigenvalue weighted by Gasteiger charge is 2.38. The summed E-state index contributed by atoms with van der Waals surface area (Å²) in [6.07, 6.45) is 0.815. The monoisotopic (exact) mass is 423 g/mol. The van der Waals surface area contributed by atoms with Crippen LogP contribution in [0.2, 0.25) is 0 Å². The number of fused-ring (bicyclic) bond motifs is 2. The van der Waals surface area contributed by atoms with Crippen molar-refractivity contribution in [2.45, 2.75) is 12.5 Å². The smallest absolute Gasteiger partial charge is 0.340 e. The van der Waals surface area contributed by atoms with Crippen molar-refractivity contribution in [1.29, 1.82) is 0 Å². The SMILES string of the molecule is COC(=O)c1ccccc1-n1nnnc1C1c2c(cc3c(c2OC)OCO3)CCN1C. The molecule has 31 heavy (non-hydrogen) atoms. The van der Waals surface area contributed by atoms with Crippen LogP contribution in [0.3, 0.4) is 0 Å². The highest BCUT2D eigenvalue weighted by atomic mass is 16.7. The molecule has 1 atom stereocenters. The molecule has 0 aliphatic carbocycles. The van der Waals surface area contributed by atoms with E-state index in [2.05, 4.69) is 20.4 Å². The second kappa shape index (κ2) is 7.55. The molecular formula is C21H21N5O5. The molecule has 160 valence electrons. The predicted molar refractivity (Wildman–Crippen MR) is 108 cm³/mol. The number of tetrazole rings is 1. The van der Waals surface area contributed by atoms with E-state index >= 15 is 0 Å². The Hall–Kier alpha value is -3.66. The summed E-state index contributed by atoms with van der Waals surface area (Å²) in [7, 11) is 4.96. The van der Waals surface area contributed by atoms with Crippen molar-refractivity contribution in [3.8, 4) is 22.9 Å². The number of ether oxygens (including phenoxy) is 4. The number of esters is 1. The molecule has 2 aromatic carbocycles. The average Bonchev–Trinajstić information content (AvgIpc) is 3.46. The van der Waals surface area contributed by atoms with Gasteiger partial charge in [-0.3, -0.25) is 4.90 Å². The van der Waals surface area contributed by atoms with Gasteiger partial charge in [0.2, 0.25) is 12.5 Å². The molecule has 1 aromatic heterocycles. The highest BCUT2D eigenvalue weighted by molar-refractivity contribution is 5.93. The summed E-state index contributed by atoms with van der Waals surface area (Å²) in [5.41, 5.74) is 2.91. The van der Waals surface area contributed by atoms with Gasteiger partial charge in [0.25, 0.3) is 0 Å². The number of aromatic nitrogens is 4. The van der Waals surface area contributed by atoms with Crippen molar-refractivity contribution >= 4 is 5.97 Å². The van der Waals surface area contributed by atoms with E-state index in [0.717, 1.165) is 24.1 Å². The van der Waals surface area contributed by atoms with Crippen LogP contribution in [0.15, 0.2) is 30.3 Å². The minimum Gasteiger partial charge on any atom is -0.492 e. The molecular weight excluding hydrogens is 402 g/mol. The van der Waals surface area contributed by atoms with Crippen LogP contribution in [0.25, 0.3) is 5.69 Å². The molecule has 0 bridgehead atoms. The van der Waals surface area contributed by atoms with Gasteiger partial charge in [-0.2, -0.15) is 4.68 Å². The molecule has 2 aliphatic rings. The van der Waals surface area contributed by atoms with E-state index in [0.29, 0.717) is 34.3 Å². The van der Waals surface area contributed by atoms with Crippen LogP contribution in [-0.4, -0.2) is 65.7 Å². The standard InChI is InChI=1S/C21H21N5O5/c1-25-9-8-12-10-15-18(31-11-30-15)19(28-2)16(12)17(25)20-22-23-24-26(20)14-7-5-4-6-13(14)21(27)29-3/h4-7,10,17H,8-9,11H2,1-3H3. The molecule has 0 saturated heterocycles. The number of nitrogens with zero attached hydrogens (tertiary/aromatic N) is 5. The van der Waals surface area contributed by atoms with E-state index in [1.54, 1.807) is 30.0 Å². The van der Waals surface area contributed by atoms with Gasteiger partial charge < -0.3 is 18.9 Å². The van der Waals surface area contributed by atoms with Crippen molar-refractivity contribution < 1.29 is 23.7 Å². The maximum atomic E-state index is 12.3. The Balaban J connectivity index is 1.70. The maximum Gasteiger partial charge on any atom is 0.340 e. The van der Waals surface area contributed by atoms with Crippen molar-refractivity contribution in [3.05, 3.63) is 52.8 Å². The average molecular weight is 423 g/mol. The lowest BCUT2D eigenvalue weighted by atomic mass is 9.90. The number of likely N-dealkylation sites (N-methyl/N-ethyl adjacent to an activating group) is 1. The molecule has 0 fully saturated rings. The summed E-state index contributed by atoms with van der Waals surface area (Å²) < 4.78 is 23.6. The van der Waals surface area contributed by atoms with Crippen LogP contribution in [-0.2, 0) is 11.2 Å². The Kier molecular flexibility index (Phi) is 4.70. The highest BCUT2D eigenvalue weighted by Crippen LogP contribution is 2.50. The fourth-order valence-corrected chi connectivity index (χ4v) is 4.24. The Labute approximate surface area is 178 Å². The van der Waals surface area contributed by atoms with Crippen LogP contribution in [0.4, 0.5) is 0 Å². The first-order chi connectivity index (χ1) is 15.1. The summed E-state index contributed by atoms with van der Waals surface area (Å²) >= 11 is 0. The Morgan fingerprint density at radius 2 is 2.06 bits per heavy atom. The largest absolute Gasteiger partial charge is 0.492 e. The van der Waals surface area contributed by atoms with Gasteiger partial charge in [-0.15, -0.1) is 5.10 Å². The van der Waals surface area contributed by atoms with E-state index in [1.807, 2.05) is 19.2 Å². The van der Waals surface area contributed by atoms with E-state index in [1.165, 1.54) is 7.11 Å². The molecule has 0 saturated carbocycles. The third kappa shape index (κ3) is 2.98. The van der Waals surface area contributed by atoms with Gasteiger partial charge in [-0.1, -0.05) is 12.1 Å². The summed E-state index contributed by atoms with van der Waals surface area (Å²) in [5.74, 6) is 1.95. The first-order valence-electron chi connectivity index (χ1n) is 9.79. The van der Waals surface area contributed by atoms with Gasteiger partial charge in [0.15, 0.2) is 17.3 Å². The molecule has 3 aromatic rings. The molecule has 0 N–H and O–H groups in total. The van der Waals surface area contributed by atoms with E-state index in [4.69, 9.17) is 18.9 Å². The fourth-order valence-electron chi connectivity index (χ4n) is 4.24. The molecule has 2 aliphatic heterocycles. The lowest BCUT2D eigenvalue weighted by Crippen LogP contribution is -2.35. The Morgan fingerprint density at radius 3 is 2.87 bits per heavy atom. The topological polar surface area (TPSA) is 101 Å². The number of methoxy groups -OCH3 is 2. The van der Waals surface area contributed by atoms with Crippen LogP contribution in [0, 0.1) is 0 Å². The fraction of sp³-hybridized carbons (Fsp3) is 0.333. The van der Waals surface area contributed by atoms with Gasteiger partial charge in [0.05, 0.1) is 25.5 Å². The number of para-hydroxylation sites is 1. The second-order valence-corrected chi connectivity index (χ2v) is 7.31. The molecule has 0 amide bonds. The number of carbonyl (C=O) groups excluding carboxylic acids is 1. The van der Waals surface area contributed by atoms with Crippen molar-refractivity contribution in [1.82, 2.24) is 25.1 Å². The summed E-state index contributed by atoms with van der Waals surface area (Å²) in [6, 6.07) is 8.73. The zero-order chi connectivity index (χ0) is 21.5. The molecule has 10 heteroatoms. The third-order valence-corrected chi connectivity index (χ3v) is 5.67. The quantitative estimate of drug-likeness (QED) is 0.581. The van der Waals surface area contributed by atoms with Gasteiger partial charge in [-0.05, 0) is 47.7 Å². The lowest BCUT2D eigenvalue weighted by molar-refractivity contribution is 0.0600. The molecule has 3 heterocycles. The molecule has 0 spiro atoms. The zero-order valence-electron chi connectivity index (χ0n) is 17.4. The molecule has 1 unspecified atom stereocenters. The normalized spacial score (nSPS) is 17.3. The van der Waals surface area contributed by atoms with E-state index in [-0.39, 0.29) is 12.8 Å². The second-order valence-electron chi connectivity index (χ2n) is 7.31. The van der Waals surface area contributed by atoms with Crippen molar-refractivity contribution in [3.63, 3.8) is 0 Å². The van der Waals surface area contributed by atoms with Gasteiger partial charge in [0, 0.05) is 12.1 Å². The first-order valence-corrected chi connectivity index (χ1v) is 9.79. The van der Waals surface area contributed by atoms with Crippen molar-refractivity contribution in [2.75, 3.05) is 34.6 Å². The predicted octanol–water partition coefficient (Wildman–Crippen LogP) is 1.76. The summed E-state index contributed by atoms with van der Waals surface area (Å²) in [6.45, 7) is 0.936. The minimum atomic E-state index is -0.463. The number of benzene rings is 2. The number of carbonyl (C=O) groups is 1. The molecule has 5 rings (SSSR count). The third-order valence-electron chi connectivity index (χ3n) is 5.67. The number of hydrogen-bond donors (Lipinski definition) is 0. The first kappa shape index (κ1) is 19.3. The van der Waals surface area contributed by atoms with Crippen LogP contribution < -0.4 is 14.2 Å². The molecule has 0 radical (unpaired) electrons. The van der Waals surface area contributed by atoms with Crippen LogP contribution in [0.5, 0.6) is 17.2 Å². The molecule has 10 nitrogen and oxygen atoms in total. The maximum absolute atomic E-state index is 12.3. The zero-order valence-corrected chi connectivity index (χ0v) is 17.4. The van der Waals surface area contributed by atoms with Gasteiger partial charge >= 0.3 is 5.97 Å². The summed E-state index contributed by atoms with van der Waals surface area (Å²) in [4.78, 5) is 14.5. The van der Waals surface area contributed by atoms with Crippen LogP contribution >= 0.6 is 0 Å². The van der Waals surface area contributed by atoms with Crippen molar-refractivity contribution in [2.24, 2.45) is 0 Å². The lowest BCUT2D eigenvalue weighted by Gasteiger charge is -2.34. The Bertz CT molecular complexity index is 1160. The van der Waals surface area contributed by atoms with Gasteiger partial charge in [0.1, 0.15) is 6.04 Å². The number of rotatable bonds is 4. The number of hydrogen-bond acceptors (Lipinski definition) is 9.